The minimum Gasteiger partial charge on any atom is -0.384 e. The van der Waals surface area contributed by atoms with E-state index in [1.54, 1.807) is 0 Å². The molecule has 3 heteroatoms. The van der Waals surface area contributed by atoms with E-state index in [0.717, 1.165) is 11.5 Å². The first-order chi connectivity index (χ1) is 9.31. The lowest BCUT2D eigenvalue weighted by Crippen LogP contribution is -2.01. The van der Waals surface area contributed by atoms with Gasteiger partial charge < -0.3 is 5.73 Å². The van der Waals surface area contributed by atoms with Crippen molar-refractivity contribution >= 4 is 5.82 Å². The molecule has 1 aromatic carbocycles. The minimum atomic E-state index is 0.595. The Morgan fingerprint density at radius 1 is 0.947 bits per heavy atom. The lowest BCUT2D eigenvalue weighted by atomic mass is 10.0. The molecule has 3 nitrogen and oxygen atoms in total. The van der Waals surface area contributed by atoms with Crippen LogP contribution in [-0.2, 0) is 0 Å². The maximum absolute atomic E-state index is 5.95. The fourth-order valence-corrected chi connectivity index (χ4v) is 2.65. The highest BCUT2D eigenvalue weighted by Crippen LogP contribution is 2.44. The van der Waals surface area contributed by atoms with Gasteiger partial charge >= 0.3 is 0 Å². The van der Waals surface area contributed by atoms with Crippen LogP contribution in [0.15, 0.2) is 30.3 Å². The van der Waals surface area contributed by atoms with Crippen molar-refractivity contribution in [3.05, 3.63) is 41.6 Å². The maximum Gasteiger partial charge on any atom is 0.162 e. The molecule has 0 saturated heterocycles. The molecule has 2 N–H and O–H groups in total. The lowest BCUT2D eigenvalue weighted by Gasteiger charge is -2.09. The van der Waals surface area contributed by atoms with E-state index in [2.05, 4.69) is 29.2 Å². The van der Waals surface area contributed by atoms with Crippen LogP contribution in [0.25, 0.3) is 11.4 Å². The topological polar surface area (TPSA) is 51.8 Å². The smallest absolute Gasteiger partial charge is 0.162 e. The van der Waals surface area contributed by atoms with E-state index in [0.29, 0.717) is 17.7 Å². The van der Waals surface area contributed by atoms with Crippen LogP contribution in [0.4, 0.5) is 5.82 Å². The molecule has 0 bridgehead atoms. The van der Waals surface area contributed by atoms with Gasteiger partial charge in [0.15, 0.2) is 5.82 Å². The van der Waals surface area contributed by atoms with E-state index in [1.165, 1.54) is 36.8 Å². The molecule has 96 valence electrons. The van der Waals surface area contributed by atoms with Crippen LogP contribution in [0.2, 0.25) is 0 Å². The molecular weight excluding hydrogens is 234 g/mol. The molecule has 2 aromatic rings. The normalized spacial score (nSPS) is 18.5. The molecule has 0 amide bonds. The van der Waals surface area contributed by atoms with E-state index < -0.39 is 0 Å². The second-order valence-corrected chi connectivity index (χ2v) is 5.68. The summed E-state index contributed by atoms with van der Waals surface area (Å²) in [5, 5.41) is 0. The van der Waals surface area contributed by atoms with E-state index in [4.69, 9.17) is 10.7 Å². The van der Waals surface area contributed by atoms with Gasteiger partial charge in [0.1, 0.15) is 5.82 Å². The van der Waals surface area contributed by atoms with Crippen molar-refractivity contribution < 1.29 is 0 Å². The van der Waals surface area contributed by atoms with Crippen LogP contribution < -0.4 is 5.73 Å². The maximum atomic E-state index is 5.95. The fourth-order valence-electron chi connectivity index (χ4n) is 2.65. The quantitative estimate of drug-likeness (QED) is 0.908. The van der Waals surface area contributed by atoms with Gasteiger partial charge in [-0.15, -0.1) is 0 Å². The van der Waals surface area contributed by atoms with Gasteiger partial charge in [0.05, 0.1) is 0 Å². The van der Waals surface area contributed by atoms with Crippen molar-refractivity contribution in [1.82, 2.24) is 9.97 Å². The lowest BCUT2D eigenvalue weighted by molar-refractivity contribution is 0.992. The summed E-state index contributed by atoms with van der Waals surface area (Å²) in [7, 11) is 0. The van der Waals surface area contributed by atoms with Crippen LogP contribution in [0.3, 0.4) is 0 Å². The number of nitrogen functional groups attached to an aromatic ring is 1. The molecule has 0 aliphatic heterocycles. The van der Waals surface area contributed by atoms with Crippen LogP contribution in [0, 0.1) is 0 Å². The zero-order valence-corrected chi connectivity index (χ0v) is 10.8. The first-order valence-electron chi connectivity index (χ1n) is 7.05. The number of aromatic nitrogens is 2. The Hall–Kier alpha value is -1.90. The predicted octanol–water partition coefficient (Wildman–Crippen LogP) is 3.48. The molecule has 2 fully saturated rings. The van der Waals surface area contributed by atoms with Gasteiger partial charge in [-0.2, -0.15) is 0 Å². The van der Waals surface area contributed by atoms with Crippen molar-refractivity contribution in [3.63, 3.8) is 0 Å². The van der Waals surface area contributed by atoms with Crippen LogP contribution >= 0.6 is 0 Å². The Morgan fingerprint density at radius 2 is 1.68 bits per heavy atom. The summed E-state index contributed by atoms with van der Waals surface area (Å²) in [6.07, 6.45) is 5.05. The highest BCUT2D eigenvalue weighted by molar-refractivity contribution is 5.63. The van der Waals surface area contributed by atoms with Crippen molar-refractivity contribution in [1.29, 1.82) is 0 Å². The van der Waals surface area contributed by atoms with Crippen molar-refractivity contribution in [3.8, 4) is 11.4 Å². The third-order valence-electron chi connectivity index (χ3n) is 3.98. The van der Waals surface area contributed by atoms with Gasteiger partial charge in [-0.3, -0.25) is 0 Å². The Balaban J connectivity index is 1.83. The molecule has 19 heavy (non-hydrogen) atoms. The SMILES string of the molecule is Nc1cc(C2CC2)nc(-c2ccccc2C2CC2)n1. The number of hydrogen-bond donors (Lipinski definition) is 1. The monoisotopic (exact) mass is 251 g/mol. The highest BCUT2D eigenvalue weighted by Gasteiger charge is 2.29. The van der Waals surface area contributed by atoms with Gasteiger partial charge in [0.25, 0.3) is 0 Å². The molecular formula is C16H17N3. The zero-order chi connectivity index (χ0) is 12.8. The molecule has 1 heterocycles. The second kappa shape index (κ2) is 4.05. The van der Waals surface area contributed by atoms with Crippen molar-refractivity contribution in [2.75, 3.05) is 5.73 Å². The summed E-state index contributed by atoms with van der Waals surface area (Å²) in [5.41, 5.74) is 9.62. The van der Waals surface area contributed by atoms with Gasteiger partial charge in [-0.25, -0.2) is 9.97 Å². The Bertz CT molecular complexity index is 628. The van der Waals surface area contributed by atoms with Gasteiger partial charge in [-0.1, -0.05) is 24.3 Å². The number of hydrogen-bond acceptors (Lipinski definition) is 3. The minimum absolute atomic E-state index is 0.595. The number of rotatable bonds is 3. The largest absolute Gasteiger partial charge is 0.384 e. The molecule has 1 aromatic heterocycles. The van der Waals surface area contributed by atoms with Crippen molar-refractivity contribution in [2.24, 2.45) is 0 Å². The average Bonchev–Trinajstić information content (AvgIpc) is 3.31. The van der Waals surface area contributed by atoms with Crippen LogP contribution in [-0.4, -0.2) is 9.97 Å². The van der Waals surface area contributed by atoms with Crippen LogP contribution in [0.1, 0.15) is 48.8 Å². The first-order valence-corrected chi connectivity index (χ1v) is 7.05. The predicted molar refractivity (Wildman–Crippen MR) is 75.8 cm³/mol. The second-order valence-electron chi connectivity index (χ2n) is 5.68. The van der Waals surface area contributed by atoms with E-state index in [-0.39, 0.29) is 0 Å². The first kappa shape index (κ1) is 11.0. The Labute approximate surface area is 112 Å². The summed E-state index contributed by atoms with van der Waals surface area (Å²) in [6, 6.07) is 10.4. The molecule has 0 spiro atoms. The third-order valence-corrected chi connectivity index (χ3v) is 3.98. The summed E-state index contributed by atoms with van der Waals surface area (Å²) in [5.74, 6) is 2.71. The summed E-state index contributed by atoms with van der Waals surface area (Å²) >= 11 is 0. The number of nitrogens with two attached hydrogens (primary N) is 1. The van der Waals surface area contributed by atoms with Gasteiger partial charge in [0.2, 0.25) is 0 Å². The Morgan fingerprint density at radius 3 is 2.42 bits per heavy atom. The van der Waals surface area contributed by atoms with Gasteiger partial charge in [-0.05, 0) is 37.2 Å². The summed E-state index contributed by atoms with van der Waals surface area (Å²) in [6.45, 7) is 0. The van der Waals surface area contributed by atoms with Gasteiger partial charge in [0, 0.05) is 23.2 Å². The van der Waals surface area contributed by atoms with Crippen LogP contribution in [0.5, 0.6) is 0 Å². The Kier molecular flexibility index (Phi) is 2.34. The molecule has 0 radical (unpaired) electrons. The molecule has 2 aliphatic carbocycles. The van der Waals surface area contributed by atoms with E-state index >= 15 is 0 Å². The molecule has 0 atom stereocenters. The summed E-state index contributed by atoms with van der Waals surface area (Å²) < 4.78 is 0. The van der Waals surface area contributed by atoms with Crippen molar-refractivity contribution in [2.45, 2.75) is 37.5 Å². The third kappa shape index (κ3) is 2.09. The fraction of sp³-hybridized carbons (Fsp3) is 0.375. The molecule has 2 aliphatic rings. The highest BCUT2D eigenvalue weighted by atomic mass is 15.0. The molecule has 0 unspecified atom stereocenters. The standard InChI is InChI=1S/C16H17N3/c17-15-9-14(11-7-8-11)18-16(19-15)13-4-2-1-3-12(13)10-5-6-10/h1-4,9-11H,5-8H2,(H2,17,18,19). The average molecular weight is 251 g/mol. The number of benzene rings is 1. The van der Waals surface area contributed by atoms with E-state index in [1.807, 2.05) is 6.07 Å². The zero-order valence-electron chi connectivity index (χ0n) is 10.8. The molecule has 4 rings (SSSR count). The number of anilines is 1. The van der Waals surface area contributed by atoms with E-state index in [9.17, 15) is 0 Å². The molecule has 2 saturated carbocycles. The summed E-state index contributed by atoms with van der Waals surface area (Å²) in [4.78, 5) is 9.20. The number of nitrogens with zero attached hydrogens (tertiary/aromatic N) is 2.